The van der Waals surface area contributed by atoms with E-state index >= 15 is 0 Å². The summed E-state index contributed by atoms with van der Waals surface area (Å²) in [6.07, 6.45) is -0.432. The van der Waals surface area contributed by atoms with E-state index in [1.54, 1.807) is 12.1 Å². The van der Waals surface area contributed by atoms with Crippen molar-refractivity contribution in [2.75, 3.05) is 37.6 Å². The van der Waals surface area contributed by atoms with Crippen LogP contribution < -0.4 is 4.90 Å². The van der Waals surface area contributed by atoms with Gasteiger partial charge in [-0.15, -0.1) is 0 Å². The van der Waals surface area contributed by atoms with E-state index in [2.05, 4.69) is 34.1 Å². The van der Waals surface area contributed by atoms with E-state index in [4.69, 9.17) is 0 Å². The lowest BCUT2D eigenvalue weighted by molar-refractivity contribution is 0.0700. The second-order valence-corrected chi connectivity index (χ2v) is 6.20. The molecule has 0 amide bonds. The Balaban J connectivity index is 1.44. The summed E-state index contributed by atoms with van der Waals surface area (Å²) < 4.78 is 0. The maximum absolute atomic E-state index is 12.2. The van der Waals surface area contributed by atoms with Crippen LogP contribution in [0.1, 0.15) is 16.8 Å². The number of aliphatic hydroxyl groups excluding tert-OH is 1. The Kier molecular flexibility index (Phi) is 5.62. The van der Waals surface area contributed by atoms with Crippen molar-refractivity contribution in [1.29, 1.82) is 0 Å². The van der Waals surface area contributed by atoms with E-state index in [-0.39, 0.29) is 5.78 Å². The number of Topliss-reactive ketones (excluding diaryl/α,β-unsaturated/α-hetero) is 1. The van der Waals surface area contributed by atoms with Crippen molar-refractivity contribution in [3.05, 3.63) is 66.2 Å². The fourth-order valence-electron chi connectivity index (χ4n) is 3.10. The molecule has 1 aliphatic heterocycles. The second-order valence-electron chi connectivity index (χ2n) is 6.20. The van der Waals surface area contributed by atoms with E-state index in [1.165, 1.54) is 5.69 Å². The summed E-state index contributed by atoms with van der Waals surface area (Å²) in [6, 6.07) is 19.5. The topological polar surface area (TPSA) is 43.8 Å². The number of carbonyl (C=O) groups is 1. The summed E-state index contributed by atoms with van der Waals surface area (Å²) in [6.45, 7) is 4.63. The number of anilines is 1. The number of aliphatic hydroxyl groups is 1. The number of hydrogen-bond donors (Lipinski definition) is 1. The molecule has 1 saturated heterocycles. The highest BCUT2D eigenvalue weighted by molar-refractivity contribution is 5.99. The van der Waals surface area contributed by atoms with Crippen molar-refractivity contribution in [2.24, 2.45) is 0 Å². The van der Waals surface area contributed by atoms with Crippen LogP contribution in [0.4, 0.5) is 5.69 Å². The lowest BCUT2D eigenvalue weighted by atomic mass is 10.0. The van der Waals surface area contributed by atoms with Crippen molar-refractivity contribution in [1.82, 2.24) is 4.90 Å². The first-order chi connectivity index (χ1) is 11.7. The molecule has 0 saturated carbocycles. The molecule has 1 atom stereocenters. The number of carbonyl (C=O) groups excluding carboxylic acids is 1. The van der Waals surface area contributed by atoms with Gasteiger partial charge in [-0.3, -0.25) is 9.69 Å². The first kappa shape index (κ1) is 16.7. The number of ketones is 1. The number of para-hydroxylation sites is 1. The molecule has 0 aliphatic carbocycles. The van der Waals surface area contributed by atoms with E-state index in [1.807, 2.05) is 24.3 Å². The molecule has 126 valence electrons. The molecule has 1 N–H and O–H groups in total. The zero-order valence-electron chi connectivity index (χ0n) is 13.8. The van der Waals surface area contributed by atoms with Crippen LogP contribution in [0.15, 0.2) is 60.7 Å². The van der Waals surface area contributed by atoms with E-state index < -0.39 is 6.10 Å². The fraction of sp³-hybridized carbons (Fsp3) is 0.350. The van der Waals surface area contributed by atoms with Gasteiger partial charge >= 0.3 is 0 Å². The van der Waals surface area contributed by atoms with Gasteiger partial charge in [0.25, 0.3) is 0 Å². The quantitative estimate of drug-likeness (QED) is 0.829. The van der Waals surface area contributed by atoms with Gasteiger partial charge in [-0.2, -0.15) is 0 Å². The molecule has 3 rings (SSSR count). The summed E-state index contributed by atoms with van der Waals surface area (Å²) in [5.74, 6) is -0.182. The molecule has 0 spiro atoms. The number of nitrogens with zero attached hydrogens (tertiary/aromatic N) is 2. The highest BCUT2D eigenvalue weighted by Gasteiger charge is 2.21. The van der Waals surface area contributed by atoms with Crippen LogP contribution >= 0.6 is 0 Å². The maximum Gasteiger partial charge on any atom is 0.191 e. The van der Waals surface area contributed by atoms with Crippen molar-refractivity contribution in [3.8, 4) is 0 Å². The highest BCUT2D eigenvalue weighted by atomic mass is 16.3. The Morgan fingerprint density at radius 1 is 0.917 bits per heavy atom. The number of piperazine rings is 1. The Hall–Kier alpha value is -2.17. The monoisotopic (exact) mass is 324 g/mol. The molecule has 24 heavy (non-hydrogen) atoms. The molecule has 0 unspecified atom stereocenters. The molecular weight excluding hydrogens is 300 g/mol. The molecule has 1 fully saturated rings. The molecular formula is C20H24N2O2. The van der Waals surface area contributed by atoms with Gasteiger partial charge in [-0.05, 0) is 18.6 Å². The SMILES string of the molecule is O=C(c1ccccc1)[C@@H](O)CCN1CCN(c2ccccc2)CC1. The average Bonchev–Trinajstić information content (AvgIpc) is 2.67. The van der Waals surface area contributed by atoms with Gasteiger partial charge in [0, 0.05) is 44.0 Å². The van der Waals surface area contributed by atoms with Crippen molar-refractivity contribution in [3.63, 3.8) is 0 Å². The molecule has 0 bridgehead atoms. The van der Waals surface area contributed by atoms with Gasteiger partial charge in [0.05, 0.1) is 0 Å². The Bertz CT molecular complexity index is 637. The third kappa shape index (κ3) is 4.22. The fourth-order valence-corrected chi connectivity index (χ4v) is 3.10. The van der Waals surface area contributed by atoms with Crippen LogP contribution in [-0.2, 0) is 0 Å². The number of hydrogen-bond acceptors (Lipinski definition) is 4. The summed E-state index contributed by atoms with van der Waals surface area (Å²) >= 11 is 0. The van der Waals surface area contributed by atoms with Gasteiger partial charge in [0.1, 0.15) is 6.10 Å². The molecule has 2 aromatic rings. The number of rotatable bonds is 6. The third-order valence-corrected chi connectivity index (χ3v) is 4.57. The van der Waals surface area contributed by atoms with Crippen LogP contribution in [-0.4, -0.2) is 54.6 Å². The molecule has 4 heteroatoms. The van der Waals surface area contributed by atoms with Gasteiger partial charge < -0.3 is 10.0 Å². The minimum atomic E-state index is -0.917. The Labute approximate surface area is 143 Å². The van der Waals surface area contributed by atoms with Crippen molar-refractivity contribution < 1.29 is 9.90 Å². The van der Waals surface area contributed by atoms with Crippen LogP contribution in [0, 0.1) is 0 Å². The van der Waals surface area contributed by atoms with Crippen LogP contribution in [0.2, 0.25) is 0 Å². The van der Waals surface area contributed by atoms with Crippen molar-refractivity contribution >= 4 is 11.5 Å². The maximum atomic E-state index is 12.2. The molecule has 4 nitrogen and oxygen atoms in total. The van der Waals surface area contributed by atoms with Crippen LogP contribution in [0.25, 0.3) is 0 Å². The Morgan fingerprint density at radius 3 is 2.12 bits per heavy atom. The van der Waals surface area contributed by atoms with E-state index in [0.29, 0.717) is 12.0 Å². The largest absolute Gasteiger partial charge is 0.385 e. The zero-order chi connectivity index (χ0) is 16.8. The number of benzene rings is 2. The summed E-state index contributed by atoms with van der Waals surface area (Å²) in [5.41, 5.74) is 1.84. The van der Waals surface area contributed by atoms with Crippen LogP contribution in [0.3, 0.4) is 0 Å². The third-order valence-electron chi connectivity index (χ3n) is 4.57. The summed E-state index contributed by atoms with van der Waals surface area (Å²) in [4.78, 5) is 16.9. The smallest absolute Gasteiger partial charge is 0.191 e. The lowest BCUT2D eigenvalue weighted by Crippen LogP contribution is -2.47. The predicted molar refractivity (Wildman–Crippen MR) is 96.5 cm³/mol. The molecule has 0 radical (unpaired) electrons. The summed E-state index contributed by atoms with van der Waals surface area (Å²) in [5, 5.41) is 10.1. The van der Waals surface area contributed by atoms with Gasteiger partial charge in [-0.1, -0.05) is 48.5 Å². The molecule has 1 aliphatic rings. The molecule has 2 aromatic carbocycles. The van der Waals surface area contributed by atoms with Gasteiger partial charge in [0.15, 0.2) is 5.78 Å². The normalized spacial score (nSPS) is 16.8. The van der Waals surface area contributed by atoms with Gasteiger partial charge in [-0.25, -0.2) is 0 Å². The van der Waals surface area contributed by atoms with E-state index in [0.717, 1.165) is 32.7 Å². The average molecular weight is 324 g/mol. The zero-order valence-corrected chi connectivity index (χ0v) is 13.8. The lowest BCUT2D eigenvalue weighted by Gasteiger charge is -2.36. The molecule has 0 aromatic heterocycles. The first-order valence-electron chi connectivity index (χ1n) is 8.54. The predicted octanol–water partition coefficient (Wildman–Crippen LogP) is 2.44. The minimum absolute atomic E-state index is 0.182. The highest BCUT2D eigenvalue weighted by Crippen LogP contribution is 2.16. The van der Waals surface area contributed by atoms with Crippen LogP contribution in [0.5, 0.6) is 0 Å². The van der Waals surface area contributed by atoms with Gasteiger partial charge in [0.2, 0.25) is 0 Å². The first-order valence-corrected chi connectivity index (χ1v) is 8.54. The minimum Gasteiger partial charge on any atom is -0.385 e. The summed E-state index contributed by atoms with van der Waals surface area (Å²) in [7, 11) is 0. The standard InChI is InChI=1S/C20H24N2O2/c23-19(20(24)17-7-3-1-4-8-17)11-12-21-13-15-22(16-14-21)18-9-5-2-6-10-18/h1-10,19,23H,11-16H2/t19-/m0/s1. The molecule has 1 heterocycles. The van der Waals surface area contributed by atoms with E-state index in [9.17, 15) is 9.90 Å². The second kappa shape index (κ2) is 8.08. The van der Waals surface area contributed by atoms with Crippen molar-refractivity contribution in [2.45, 2.75) is 12.5 Å². The Morgan fingerprint density at radius 2 is 1.50 bits per heavy atom.